The molecule has 1 amide bonds. The third-order valence-electron chi connectivity index (χ3n) is 4.99. The highest BCUT2D eigenvalue weighted by Gasteiger charge is 2.35. The van der Waals surface area contributed by atoms with Crippen molar-refractivity contribution in [1.29, 1.82) is 0 Å². The second-order valence-electron chi connectivity index (χ2n) is 8.57. The van der Waals surface area contributed by atoms with Gasteiger partial charge in [-0.3, -0.25) is 0 Å². The van der Waals surface area contributed by atoms with Crippen LogP contribution in [0, 0.1) is 6.92 Å². The number of benzene rings is 2. The Kier molecular flexibility index (Phi) is 6.40. The van der Waals surface area contributed by atoms with E-state index in [9.17, 15) is 4.79 Å². The fourth-order valence-corrected chi connectivity index (χ4v) is 3.64. The number of nitrogens with zero attached hydrogens (tertiary/aromatic N) is 1. The van der Waals surface area contributed by atoms with Gasteiger partial charge in [0.25, 0.3) is 0 Å². The van der Waals surface area contributed by atoms with Crippen molar-refractivity contribution in [3.05, 3.63) is 71.3 Å². The molecule has 1 aliphatic heterocycles. The summed E-state index contributed by atoms with van der Waals surface area (Å²) in [5, 5.41) is 0. The van der Waals surface area contributed by atoms with E-state index in [1.54, 1.807) is 4.90 Å². The zero-order valence-corrected chi connectivity index (χ0v) is 17.4. The summed E-state index contributed by atoms with van der Waals surface area (Å²) in [6.07, 6.45) is 0.536. The maximum Gasteiger partial charge on any atom is 0.410 e. The Morgan fingerprint density at radius 3 is 2.54 bits per heavy atom. The molecule has 150 valence electrons. The molecule has 0 aromatic heterocycles. The van der Waals surface area contributed by atoms with E-state index in [2.05, 4.69) is 43.3 Å². The summed E-state index contributed by atoms with van der Waals surface area (Å²) < 4.78 is 11.9. The van der Waals surface area contributed by atoms with Gasteiger partial charge in [-0.2, -0.15) is 0 Å². The number of hydrogen-bond donors (Lipinski definition) is 0. The molecule has 0 unspecified atom stereocenters. The number of likely N-dealkylation sites (tertiary alicyclic amines) is 1. The number of piperidine rings is 1. The van der Waals surface area contributed by atoms with Crippen molar-refractivity contribution in [2.45, 2.75) is 58.3 Å². The molecule has 1 heterocycles. The number of aryl methyl sites for hydroxylation is 1. The van der Waals surface area contributed by atoms with Crippen LogP contribution in [0.3, 0.4) is 0 Å². The van der Waals surface area contributed by atoms with Gasteiger partial charge >= 0.3 is 6.09 Å². The smallest absolute Gasteiger partial charge is 0.410 e. The van der Waals surface area contributed by atoms with Crippen LogP contribution in [0.1, 0.15) is 49.8 Å². The van der Waals surface area contributed by atoms with Gasteiger partial charge in [-0.15, -0.1) is 0 Å². The highest BCUT2D eigenvalue weighted by atomic mass is 16.6. The van der Waals surface area contributed by atoms with Gasteiger partial charge in [0.15, 0.2) is 0 Å². The molecule has 0 radical (unpaired) electrons. The molecule has 28 heavy (non-hydrogen) atoms. The van der Waals surface area contributed by atoms with Crippen LogP contribution in [0.4, 0.5) is 4.79 Å². The lowest BCUT2D eigenvalue weighted by atomic mass is 9.86. The van der Waals surface area contributed by atoms with Crippen LogP contribution in [0.2, 0.25) is 0 Å². The van der Waals surface area contributed by atoms with Gasteiger partial charge in [-0.1, -0.05) is 60.2 Å². The van der Waals surface area contributed by atoms with Crippen molar-refractivity contribution in [3.8, 4) is 0 Å². The zero-order valence-electron chi connectivity index (χ0n) is 17.4. The molecule has 0 N–H and O–H groups in total. The summed E-state index contributed by atoms with van der Waals surface area (Å²) in [7, 11) is 0. The van der Waals surface area contributed by atoms with E-state index in [-0.39, 0.29) is 18.1 Å². The third-order valence-corrected chi connectivity index (χ3v) is 4.99. The first-order chi connectivity index (χ1) is 13.3. The third kappa shape index (κ3) is 5.59. The summed E-state index contributed by atoms with van der Waals surface area (Å²) in [6.45, 7) is 9.56. The van der Waals surface area contributed by atoms with E-state index in [4.69, 9.17) is 9.47 Å². The summed E-state index contributed by atoms with van der Waals surface area (Å²) >= 11 is 0. The Labute approximate surface area is 168 Å². The van der Waals surface area contributed by atoms with Crippen molar-refractivity contribution in [3.63, 3.8) is 0 Å². The van der Waals surface area contributed by atoms with Gasteiger partial charge in [0.05, 0.1) is 19.3 Å². The first-order valence-electron chi connectivity index (χ1n) is 10.0. The average molecular weight is 382 g/mol. The summed E-state index contributed by atoms with van der Waals surface area (Å²) in [5.74, 6) is 0.266. The molecule has 0 bridgehead atoms. The van der Waals surface area contributed by atoms with Crippen LogP contribution >= 0.6 is 0 Å². The van der Waals surface area contributed by atoms with Gasteiger partial charge in [0.2, 0.25) is 0 Å². The number of carbonyl (C=O) groups excluding carboxylic acids is 1. The molecule has 1 fully saturated rings. The number of rotatable bonds is 4. The van der Waals surface area contributed by atoms with Crippen molar-refractivity contribution in [1.82, 2.24) is 4.90 Å². The first kappa shape index (κ1) is 20.4. The van der Waals surface area contributed by atoms with Crippen LogP contribution in [-0.4, -0.2) is 35.8 Å². The van der Waals surface area contributed by atoms with Gasteiger partial charge in [-0.05, 0) is 45.2 Å². The fraction of sp³-hybridized carbons (Fsp3) is 0.458. The van der Waals surface area contributed by atoms with Gasteiger partial charge in [0.1, 0.15) is 5.60 Å². The fourth-order valence-electron chi connectivity index (χ4n) is 3.64. The Morgan fingerprint density at radius 1 is 1.11 bits per heavy atom. The Balaban J connectivity index is 1.75. The molecule has 1 aliphatic rings. The van der Waals surface area contributed by atoms with Crippen LogP contribution in [0.5, 0.6) is 0 Å². The van der Waals surface area contributed by atoms with E-state index in [0.29, 0.717) is 19.7 Å². The molecule has 3 rings (SSSR count). The maximum atomic E-state index is 12.6. The van der Waals surface area contributed by atoms with Crippen molar-refractivity contribution in [2.24, 2.45) is 0 Å². The monoisotopic (exact) mass is 381 g/mol. The molecular formula is C24H31NO3. The number of amides is 1. The Morgan fingerprint density at radius 2 is 1.86 bits per heavy atom. The molecule has 2 aromatic rings. The van der Waals surface area contributed by atoms with E-state index in [1.165, 1.54) is 11.1 Å². The van der Waals surface area contributed by atoms with Gasteiger partial charge in [-0.25, -0.2) is 4.79 Å². The second-order valence-corrected chi connectivity index (χ2v) is 8.57. The predicted molar refractivity (Wildman–Crippen MR) is 111 cm³/mol. The SMILES string of the molecule is Cc1cccc([C@H]2CCN(C(=O)OC(C)(C)C)C[C@@H]2OCc2ccccc2)c1. The van der Waals surface area contributed by atoms with E-state index < -0.39 is 5.60 Å². The minimum absolute atomic E-state index is 0.0664. The molecule has 4 nitrogen and oxygen atoms in total. The van der Waals surface area contributed by atoms with Gasteiger partial charge < -0.3 is 14.4 Å². The molecule has 2 atom stereocenters. The highest BCUT2D eigenvalue weighted by Crippen LogP contribution is 2.32. The summed E-state index contributed by atoms with van der Waals surface area (Å²) in [4.78, 5) is 14.4. The van der Waals surface area contributed by atoms with Crippen LogP contribution in [-0.2, 0) is 16.1 Å². The average Bonchev–Trinajstić information content (AvgIpc) is 2.65. The van der Waals surface area contributed by atoms with Crippen molar-refractivity contribution in [2.75, 3.05) is 13.1 Å². The number of ether oxygens (including phenoxy) is 2. The molecule has 4 heteroatoms. The van der Waals surface area contributed by atoms with Crippen LogP contribution < -0.4 is 0 Å². The van der Waals surface area contributed by atoms with Crippen LogP contribution in [0.25, 0.3) is 0 Å². The molecule has 0 aliphatic carbocycles. The largest absolute Gasteiger partial charge is 0.444 e. The lowest BCUT2D eigenvalue weighted by Crippen LogP contribution is -2.48. The normalized spacial score (nSPS) is 20.1. The molecule has 1 saturated heterocycles. The number of hydrogen-bond acceptors (Lipinski definition) is 3. The topological polar surface area (TPSA) is 38.8 Å². The lowest BCUT2D eigenvalue weighted by molar-refractivity contribution is -0.0359. The zero-order chi connectivity index (χ0) is 20.1. The standard InChI is InChI=1S/C24H31NO3/c1-18-9-8-12-20(15-18)21-13-14-25(23(26)28-24(2,3)4)16-22(21)27-17-19-10-6-5-7-11-19/h5-12,15,21-22H,13-14,16-17H2,1-4H3/t21-,22+/m1/s1. The quantitative estimate of drug-likeness (QED) is 0.721. The minimum Gasteiger partial charge on any atom is -0.444 e. The molecular weight excluding hydrogens is 350 g/mol. The van der Waals surface area contributed by atoms with Crippen molar-refractivity contribution < 1.29 is 14.3 Å². The van der Waals surface area contributed by atoms with Crippen molar-refractivity contribution >= 4 is 6.09 Å². The Bertz CT molecular complexity index is 782. The summed E-state index contributed by atoms with van der Waals surface area (Å²) in [6, 6.07) is 18.8. The second kappa shape index (κ2) is 8.78. The van der Waals surface area contributed by atoms with Gasteiger partial charge in [0, 0.05) is 12.5 Å². The molecule has 0 spiro atoms. The van der Waals surface area contributed by atoms with Crippen LogP contribution in [0.15, 0.2) is 54.6 Å². The van der Waals surface area contributed by atoms with E-state index in [0.717, 1.165) is 12.0 Å². The van der Waals surface area contributed by atoms with E-state index in [1.807, 2.05) is 39.0 Å². The highest BCUT2D eigenvalue weighted by molar-refractivity contribution is 5.68. The molecule has 0 saturated carbocycles. The first-order valence-corrected chi connectivity index (χ1v) is 10.0. The lowest BCUT2D eigenvalue weighted by Gasteiger charge is -2.39. The maximum absolute atomic E-state index is 12.6. The predicted octanol–water partition coefficient (Wildman–Crippen LogP) is 5.30. The minimum atomic E-state index is -0.495. The number of carbonyl (C=O) groups is 1. The van der Waals surface area contributed by atoms with E-state index >= 15 is 0 Å². The Hall–Kier alpha value is -2.33. The molecule has 2 aromatic carbocycles. The summed E-state index contributed by atoms with van der Waals surface area (Å²) in [5.41, 5.74) is 3.17.